The Bertz CT molecular complexity index is 3840. The first-order valence-corrected chi connectivity index (χ1v) is 25.8. The third kappa shape index (κ3) is 9.77. The number of aromatic nitrogens is 3. The fraction of sp³-hybridized carbons (Fsp3) is 0.313. The third-order valence-corrected chi connectivity index (χ3v) is 15.2. The molecule has 0 saturated heterocycles. The highest BCUT2D eigenvalue weighted by Gasteiger charge is 2.25. The van der Waals surface area contributed by atoms with Gasteiger partial charge in [-0.1, -0.05) is 130 Å². The Balaban J connectivity index is 1.02. The minimum atomic E-state index is -3.13. The minimum Gasteiger partial charge on any atom is -0.455 e. The molecule has 9 aromatic rings. The number of pyridine rings is 3. The van der Waals surface area contributed by atoms with Gasteiger partial charge in [-0.3, -0.25) is 15.0 Å². The van der Waals surface area contributed by atoms with Crippen LogP contribution in [0.1, 0.15) is 167 Å². The zero-order valence-corrected chi connectivity index (χ0v) is 40.3. The van der Waals surface area contributed by atoms with Crippen molar-refractivity contribution in [1.82, 2.24) is 15.0 Å². The van der Waals surface area contributed by atoms with Crippen molar-refractivity contribution in [2.75, 3.05) is 0 Å². The van der Waals surface area contributed by atoms with Crippen LogP contribution in [0.3, 0.4) is 0 Å². The monoisotopic (exact) mass is 953 g/mol. The first-order chi connectivity index (χ1) is 40.1. The van der Waals surface area contributed by atoms with Gasteiger partial charge in [0.05, 0.1) is 28.7 Å². The summed E-state index contributed by atoms with van der Waals surface area (Å²) < 4.78 is 127. The molecule has 3 fully saturated rings. The molecular weight excluding hydrogens is 877 g/mol. The minimum absolute atomic E-state index is 0.00822. The van der Waals surface area contributed by atoms with Crippen LogP contribution in [0.25, 0.3) is 55.7 Å². The van der Waals surface area contributed by atoms with E-state index in [-0.39, 0.29) is 34.4 Å². The van der Waals surface area contributed by atoms with Gasteiger partial charge in [-0.25, -0.2) is 0 Å². The summed E-state index contributed by atoms with van der Waals surface area (Å²) in [4.78, 5) is 14.3. The van der Waals surface area contributed by atoms with Gasteiger partial charge in [0, 0.05) is 62.5 Å². The number of hydrogen-bond acceptors (Lipinski definition) is 5. The number of benzene rings is 5. The molecule has 0 bridgehead atoms. The van der Waals surface area contributed by atoms with Crippen LogP contribution in [0.2, 0.25) is 0 Å². The highest BCUT2D eigenvalue weighted by atomic mass is 16.3. The van der Waals surface area contributed by atoms with Crippen molar-refractivity contribution < 1.29 is 20.9 Å². The molecular formula is C67H64N4O. The highest BCUT2D eigenvalue weighted by molar-refractivity contribution is 6.09. The number of fused-ring (bicyclic) bond motifs is 3. The van der Waals surface area contributed by atoms with Gasteiger partial charge < -0.3 is 4.42 Å². The first kappa shape index (κ1) is 34.2. The molecule has 0 spiro atoms. The van der Waals surface area contributed by atoms with Crippen molar-refractivity contribution in [3.8, 4) is 39.8 Å². The molecule has 3 aliphatic rings. The molecule has 12 rings (SSSR count). The molecule has 5 heteroatoms. The highest BCUT2D eigenvalue weighted by Crippen LogP contribution is 2.42. The molecule has 72 heavy (non-hydrogen) atoms. The third-order valence-electron chi connectivity index (χ3n) is 15.2. The topological polar surface area (TPSA) is 75.6 Å². The Morgan fingerprint density at radius 2 is 0.903 bits per heavy atom. The molecule has 4 heterocycles. The van der Waals surface area contributed by atoms with Crippen molar-refractivity contribution in [3.05, 3.63) is 208 Å². The van der Waals surface area contributed by atoms with E-state index >= 15 is 0 Å². The lowest BCUT2D eigenvalue weighted by Gasteiger charge is -2.19. The fourth-order valence-corrected chi connectivity index (χ4v) is 11.5. The predicted octanol–water partition coefficient (Wildman–Crippen LogP) is 17.0. The van der Waals surface area contributed by atoms with Crippen molar-refractivity contribution in [2.24, 2.45) is 0 Å². The van der Waals surface area contributed by atoms with E-state index < -0.39 is 54.9 Å². The summed E-state index contributed by atoms with van der Waals surface area (Å²) in [5.74, 6) is -0.428. The molecule has 5 aromatic carbocycles. The summed E-state index contributed by atoms with van der Waals surface area (Å²) in [6, 6.07) is 40.7. The number of hydrogen-bond donors (Lipinski definition) is 0. The van der Waals surface area contributed by atoms with Crippen LogP contribution in [-0.4, -0.2) is 15.0 Å². The summed E-state index contributed by atoms with van der Waals surface area (Å²) in [6.07, 6.45) is -4.29. The summed E-state index contributed by atoms with van der Waals surface area (Å²) in [6.45, 7) is 0. The van der Waals surface area contributed by atoms with E-state index in [2.05, 4.69) is 6.07 Å². The van der Waals surface area contributed by atoms with Crippen LogP contribution in [0, 0.1) is 11.3 Å². The molecule has 0 aliphatic heterocycles. The molecule has 0 unspecified atom stereocenters. The number of nitrogens with zero attached hydrogens (tertiary/aromatic N) is 4. The van der Waals surface area contributed by atoms with Gasteiger partial charge in [-0.05, 0) is 187 Å². The second-order valence-electron chi connectivity index (χ2n) is 19.8. The Labute approximate surface area is 442 Å². The van der Waals surface area contributed by atoms with Crippen molar-refractivity contribution in [1.29, 1.82) is 5.26 Å². The Hall–Kier alpha value is -7.16. The zero-order valence-electron chi connectivity index (χ0n) is 52.3. The number of rotatable bonds is 15. The maximum atomic E-state index is 10.1. The average molecular weight is 953 g/mol. The molecule has 0 radical (unpaired) electrons. The molecule has 4 aromatic heterocycles. The second-order valence-corrected chi connectivity index (χ2v) is 19.8. The van der Waals surface area contributed by atoms with Gasteiger partial charge in [0.15, 0.2) is 0 Å². The van der Waals surface area contributed by atoms with E-state index in [1.807, 2.05) is 97.1 Å². The molecule has 0 atom stereocenters. The van der Waals surface area contributed by atoms with Crippen molar-refractivity contribution in [3.63, 3.8) is 0 Å². The lowest BCUT2D eigenvalue weighted by Crippen LogP contribution is -2.06. The molecule has 0 N–H and O–H groups in total. The number of furan rings is 1. The average Bonchev–Trinajstić information content (AvgIpc) is 2.21. The van der Waals surface area contributed by atoms with E-state index in [4.69, 9.17) is 19.4 Å². The lowest BCUT2D eigenvalue weighted by molar-refractivity contribution is 0.669. The van der Waals surface area contributed by atoms with Gasteiger partial charge in [-0.15, -0.1) is 0 Å². The quantitative estimate of drug-likeness (QED) is 0.102. The summed E-state index contributed by atoms with van der Waals surface area (Å²) in [5.41, 5.74) is 5.48. The largest absolute Gasteiger partial charge is 0.455 e. The second kappa shape index (κ2) is 20.9. The van der Waals surface area contributed by atoms with Crippen LogP contribution in [0.5, 0.6) is 0 Å². The molecule has 3 aliphatic carbocycles. The SMILES string of the molecule is [2H]C([2H])(c1cc(C([2H])([2H])C([2H])([2H])c2cnc(-c3ccccc3)cc2C2CCCC2)cc(C([2H])([2H])C([2H])([2H])c2cnc(-c3cccc4c3oc3cc(C#N)ccc34)cc2C2CCCC2)c1)C([2H])([2H])c1cnc(-c2ccccc2)cc1C1CCCC1. The van der Waals surface area contributed by atoms with Crippen LogP contribution >= 0.6 is 0 Å². The van der Waals surface area contributed by atoms with E-state index in [0.29, 0.717) is 68.9 Å². The van der Waals surface area contributed by atoms with Gasteiger partial charge in [0.25, 0.3) is 0 Å². The van der Waals surface area contributed by atoms with E-state index in [0.717, 1.165) is 104 Å². The molecule has 0 amide bonds. The van der Waals surface area contributed by atoms with Gasteiger partial charge in [0.1, 0.15) is 11.2 Å². The maximum absolute atomic E-state index is 10.1. The van der Waals surface area contributed by atoms with Gasteiger partial charge in [0.2, 0.25) is 0 Å². The van der Waals surface area contributed by atoms with E-state index in [1.165, 1.54) is 18.6 Å². The predicted molar refractivity (Wildman–Crippen MR) is 293 cm³/mol. The van der Waals surface area contributed by atoms with Crippen molar-refractivity contribution in [2.45, 2.75) is 133 Å². The van der Waals surface area contributed by atoms with Crippen LogP contribution in [0.4, 0.5) is 0 Å². The molecule has 3 saturated carbocycles. The zero-order chi connectivity index (χ0) is 59.0. The van der Waals surface area contributed by atoms with Crippen LogP contribution < -0.4 is 0 Å². The summed E-state index contributed by atoms with van der Waals surface area (Å²) >= 11 is 0. The van der Waals surface area contributed by atoms with E-state index in [1.54, 1.807) is 18.2 Å². The number of nitriles is 1. The number of aryl methyl sites for hydroxylation is 6. The Kier molecular flexibility index (Phi) is 9.94. The first-order valence-electron chi connectivity index (χ1n) is 31.8. The summed E-state index contributed by atoms with van der Waals surface area (Å²) in [5, 5.41) is 11.2. The van der Waals surface area contributed by atoms with Crippen LogP contribution in [-0.2, 0) is 38.2 Å². The van der Waals surface area contributed by atoms with Gasteiger partial charge >= 0.3 is 0 Å². The lowest BCUT2D eigenvalue weighted by atomic mass is 9.87. The Morgan fingerprint density at radius 3 is 1.36 bits per heavy atom. The molecule has 5 nitrogen and oxygen atoms in total. The number of para-hydroxylation sites is 1. The summed E-state index contributed by atoms with van der Waals surface area (Å²) in [7, 11) is 0. The van der Waals surface area contributed by atoms with Gasteiger partial charge in [-0.2, -0.15) is 5.26 Å². The standard InChI is InChI=1S/C67H64N4O/c68-41-48-29-33-57-58-24-13-25-59(67(58)72-66(57)37-48)65-40-62(51-18-11-12-19-51)56(44-71-65)32-28-47-35-45(26-30-54-42-69-63(52-20-3-1-4-21-52)38-60(54)49-14-7-8-15-49)34-46(36-47)27-31-55-43-70-64(53-22-5-2-6-23-53)39-61(55)50-16-9-10-17-50/h1-6,13,20-25,29,33-40,42-44,49-51H,7-12,14-19,26-28,30-32H2/i26D2,27D2,28D2,30D2,31D2,32D2. The maximum Gasteiger partial charge on any atom is 0.144 e. The van der Waals surface area contributed by atoms with Crippen LogP contribution in [0.15, 0.2) is 156 Å². The molecule has 358 valence electrons. The van der Waals surface area contributed by atoms with E-state index in [9.17, 15) is 21.7 Å². The Morgan fingerprint density at radius 1 is 0.458 bits per heavy atom. The normalized spacial score (nSPS) is 19.2. The fourth-order valence-electron chi connectivity index (χ4n) is 11.5. The van der Waals surface area contributed by atoms with Crippen molar-refractivity contribution >= 4 is 21.9 Å². The smallest absolute Gasteiger partial charge is 0.144 e.